The van der Waals surface area contributed by atoms with E-state index in [1.54, 1.807) is 0 Å². The molecule has 2 N–H and O–H groups in total. The fourth-order valence-corrected chi connectivity index (χ4v) is 2.81. The van der Waals surface area contributed by atoms with Gasteiger partial charge in [-0.2, -0.15) is 0 Å². The summed E-state index contributed by atoms with van der Waals surface area (Å²) in [7, 11) is 0. The first kappa shape index (κ1) is 7.76. The summed E-state index contributed by atoms with van der Waals surface area (Å²) in [6.45, 7) is 1.93. The molecule has 0 aromatic rings. The maximum Gasteiger partial charge on any atom is 0.324 e. The number of likely N-dealkylation sites (tertiary alicyclic amines) is 1. The second kappa shape index (κ2) is 2.25. The van der Waals surface area contributed by atoms with Crippen LogP contribution in [0.3, 0.4) is 0 Å². The number of fused-ring (bicyclic) bond motifs is 1. The van der Waals surface area contributed by atoms with Crippen LogP contribution in [0.4, 0.5) is 0 Å². The maximum atomic E-state index is 11.2. The van der Waals surface area contributed by atoms with Crippen LogP contribution >= 0.6 is 0 Å². The van der Waals surface area contributed by atoms with Crippen LogP contribution in [0.25, 0.3) is 0 Å². The Morgan fingerprint density at radius 1 is 1.62 bits per heavy atom. The third kappa shape index (κ3) is 0.901. The number of carboxylic acid groups (broad SMARTS) is 1. The van der Waals surface area contributed by atoms with Crippen molar-refractivity contribution in [3.05, 3.63) is 0 Å². The van der Waals surface area contributed by atoms with E-state index in [4.69, 9.17) is 0 Å². The van der Waals surface area contributed by atoms with Gasteiger partial charge in [-0.1, -0.05) is 0 Å². The number of nitrogens with zero attached hydrogens (tertiary/aromatic N) is 1. The first-order valence-corrected chi connectivity index (χ1v) is 4.98. The zero-order valence-electron chi connectivity index (χ0n) is 7.49. The molecule has 2 heterocycles. The van der Waals surface area contributed by atoms with Crippen LogP contribution in [0.2, 0.25) is 0 Å². The molecule has 0 radical (unpaired) electrons. The molecule has 2 aliphatic heterocycles. The molecule has 1 unspecified atom stereocenters. The fraction of sp³-hybridized carbons (Fsp3) is 0.889. The molecule has 3 fully saturated rings. The van der Waals surface area contributed by atoms with Crippen LogP contribution in [0.15, 0.2) is 0 Å². The molecule has 3 aliphatic rings. The van der Waals surface area contributed by atoms with Crippen molar-refractivity contribution in [3.63, 3.8) is 0 Å². The Kier molecular flexibility index (Phi) is 1.34. The largest absolute Gasteiger partial charge is 0.480 e. The Bertz CT molecular complexity index is 264. The standard InChI is InChI=1S/C9H14N2O2/c12-8(13)9-4-6(9)2-1-3-11(9)7-5-10-7/h6-7,10H,1-5H2,(H,12,13)/t6-,7?,9+/m1/s1. The van der Waals surface area contributed by atoms with Crippen molar-refractivity contribution in [2.24, 2.45) is 5.92 Å². The van der Waals surface area contributed by atoms with Gasteiger partial charge in [0.1, 0.15) is 5.54 Å². The monoisotopic (exact) mass is 182 g/mol. The molecule has 1 saturated carbocycles. The maximum absolute atomic E-state index is 11.2. The minimum atomic E-state index is -0.606. The third-order valence-electron chi connectivity index (χ3n) is 3.67. The molecule has 4 heteroatoms. The van der Waals surface area contributed by atoms with Gasteiger partial charge in [0.15, 0.2) is 0 Å². The highest BCUT2D eigenvalue weighted by Gasteiger charge is 2.67. The lowest BCUT2D eigenvalue weighted by Gasteiger charge is -2.32. The zero-order chi connectivity index (χ0) is 9.05. The molecule has 2 saturated heterocycles. The number of hydrogen-bond donors (Lipinski definition) is 2. The molecule has 0 aromatic heterocycles. The van der Waals surface area contributed by atoms with Crippen LogP contribution in [0.1, 0.15) is 19.3 Å². The van der Waals surface area contributed by atoms with Gasteiger partial charge in [-0.15, -0.1) is 0 Å². The summed E-state index contributed by atoms with van der Waals surface area (Å²) < 4.78 is 0. The van der Waals surface area contributed by atoms with E-state index in [0.29, 0.717) is 12.1 Å². The van der Waals surface area contributed by atoms with Crippen molar-refractivity contribution in [2.75, 3.05) is 13.1 Å². The quantitative estimate of drug-likeness (QED) is 0.583. The van der Waals surface area contributed by atoms with Gasteiger partial charge in [-0.3, -0.25) is 15.0 Å². The van der Waals surface area contributed by atoms with Gasteiger partial charge in [0.05, 0.1) is 6.17 Å². The van der Waals surface area contributed by atoms with E-state index in [1.165, 1.54) is 0 Å². The SMILES string of the molecule is O=C(O)[C@]12C[C@H]1CCCN2C1CN1. The topological polar surface area (TPSA) is 62.5 Å². The van der Waals surface area contributed by atoms with E-state index in [0.717, 1.165) is 32.4 Å². The predicted molar refractivity (Wildman–Crippen MR) is 46.2 cm³/mol. The van der Waals surface area contributed by atoms with Crippen molar-refractivity contribution in [3.8, 4) is 0 Å². The molecule has 0 bridgehead atoms. The van der Waals surface area contributed by atoms with Gasteiger partial charge in [0, 0.05) is 13.1 Å². The van der Waals surface area contributed by atoms with Gasteiger partial charge in [-0.05, 0) is 25.2 Å². The molecular weight excluding hydrogens is 168 g/mol. The molecule has 0 aromatic carbocycles. The highest BCUT2D eigenvalue weighted by Crippen LogP contribution is 2.55. The van der Waals surface area contributed by atoms with E-state index < -0.39 is 11.5 Å². The Labute approximate surface area is 76.9 Å². The lowest BCUT2D eigenvalue weighted by molar-refractivity contribution is -0.147. The molecule has 72 valence electrons. The average Bonchev–Trinajstić information content (AvgIpc) is 2.98. The summed E-state index contributed by atoms with van der Waals surface area (Å²) >= 11 is 0. The van der Waals surface area contributed by atoms with E-state index >= 15 is 0 Å². The number of piperidine rings is 1. The summed E-state index contributed by atoms with van der Waals surface area (Å²) in [5.74, 6) is -0.174. The molecule has 3 rings (SSSR count). The Hall–Kier alpha value is -0.610. The summed E-state index contributed by atoms with van der Waals surface area (Å²) in [5, 5.41) is 12.4. The molecule has 4 nitrogen and oxygen atoms in total. The lowest BCUT2D eigenvalue weighted by atomic mass is 10.0. The number of carboxylic acids is 1. The summed E-state index contributed by atoms with van der Waals surface area (Å²) in [6.07, 6.45) is 3.51. The summed E-state index contributed by atoms with van der Waals surface area (Å²) in [4.78, 5) is 13.4. The van der Waals surface area contributed by atoms with Crippen molar-refractivity contribution in [2.45, 2.75) is 31.0 Å². The van der Waals surface area contributed by atoms with E-state index in [1.807, 2.05) is 0 Å². The molecule has 13 heavy (non-hydrogen) atoms. The van der Waals surface area contributed by atoms with Gasteiger partial charge < -0.3 is 5.11 Å². The van der Waals surface area contributed by atoms with E-state index in [-0.39, 0.29) is 0 Å². The molecule has 1 aliphatic carbocycles. The predicted octanol–water partition coefficient (Wildman–Crippen LogP) is -0.145. The molecular formula is C9H14N2O2. The normalized spacial score (nSPS) is 48.3. The summed E-state index contributed by atoms with van der Waals surface area (Å²) in [6, 6.07) is 0. The smallest absolute Gasteiger partial charge is 0.324 e. The highest BCUT2D eigenvalue weighted by atomic mass is 16.4. The van der Waals surface area contributed by atoms with Crippen molar-refractivity contribution < 1.29 is 9.90 Å². The van der Waals surface area contributed by atoms with E-state index in [2.05, 4.69) is 10.2 Å². The van der Waals surface area contributed by atoms with Crippen LogP contribution in [-0.4, -0.2) is 40.8 Å². The average molecular weight is 182 g/mol. The Morgan fingerprint density at radius 3 is 3.00 bits per heavy atom. The molecule has 0 amide bonds. The molecule has 0 spiro atoms. The zero-order valence-corrected chi connectivity index (χ0v) is 7.49. The van der Waals surface area contributed by atoms with Crippen LogP contribution < -0.4 is 5.32 Å². The second-order valence-corrected chi connectivity index (χ2v) is 4.39. The van der Waals surface area contributed by atoms with Gasteiger partial charge in [0.2, 0.25) is 0 Å². The first-order chi connectivity index (χ1) is 6.25. The lowest BCUT2D eigenvalue weighted by Crippen LogP contribution is -2.50. The summed E-state index contributed by atoms with van der Waals surface area (Å²) in [5.41, 5.74) is -0.466. The highest BCUT2D eigenvalue weighted by molar-refractivity contribution is 5.83. The number of carbonyl (C=O) groups is 1. The van der Waals surface area contributed by atoms with Gasteiger partial charge in [0.25, 0.3) is 0 Å². The van der Waals surface area contributed by atoms with Crippen LogP contribution in [0.5, 0.6) is 0 Å². The number of rotatable bonds is 2. The molecule has 3 atom stereocenters. The van der Waals surface area contributed by atoms with Crippen LogP contribution in [0, 0.1) is 5.92 Å². The van der Waals surface area contributed by atoms with Gasteiger partial charge >= 0.3 is 5.97 Å². The first-order valence-electron chi connectivity index (χ1n) is 4.98. The second-order valence-electron chi connectivity index (χ2n) is 4.39. The minimum absolute atomic E-state index is 0.362. The number of hydrogen-bond acceptors (Lipinski definition) is 3. The minimum Gasteiger partial charge on any atom is -0.480 e. The van der Waals surface area contributed by atoms with Crippen molar-refractivity contribution in [1.82, 2.24) is 10.2 Å². The number of nitrogens with one attached hydrogen (secondary N) is 1. The van der Waals surface area contributed by atoms with Crippen molar-refractivity contribution >= 4 is 5.97 Å². The third-order valence-corrected chi connectivity index (χ3v) is 3.67. The van der Waals surface area contributed by atoms with Crippen molar-refractivity contribution in [1.29, 1.82) is 0 Å². The van der Waals surface area contributed by atoms with Gasteiger partial charge in [-0.25, -0.2) is 0 Å². The van der Waals surface area contributed by atoms with E-state index in [9.17, 15) is 9.90 Å². The van der Waals surface area contributed by atoms with Crippen LogP contribution in [-0.2, 0) is 4.79 Å². The number of aliphatic carboxylic acids is 1. The Morgan fingerprint density at radius 2 is 2.38 bits per heavy atom. The Balaban J connectivity index is 1.87. The fourth-order valence-electron chi connectivity index (χ4n) is 2.81.